The molecule has 0 bridgehead atoms. The Balaban J connectivity index is 1.61. The van der Waals surface area contributed by atoms with Gasteiger partial charge < -0.3 is 9.64 Å². The zero-order valence-electron chi connectivity index (χ0n) is 15.5. The largest absolute Gasteiger partial charge is 0.376 e. The minimum absolute atomic E-state index is 0.0601. The minimum atomic E-state index is -3.85. The molecule has 7 nitrogen and oxygen atoms in total. The van der Waals surface area contributed by atoms with Gasteiger partial charge in [-0.05, 0) is 43.2 Å². The number of ether oxygens (including phenoxy) is 1. The third-order valence-corrected chi connectivity index (χ3v) is 7.15. The number of halogens is 1. The van der Waals surface area contributed by atoms with Crippen LogP contribution in [0.3, 0.4) is 0 Å². The number of benzene rings is 2. The lowest BCUT2D eigenvalue weighted by Gasteiger charge is -2.23. The fourth-order valence-corrected chi connectivity index (χ4v) is 5.45. The van der Waals surface area contributed by atoms with Crippen LogP contribution in [0.2, 0.25) is 5.02 Å². The van der Waals surface area contributed by atoms with Gasteiger partial charge >= 0.3 is 0 Å². The van der Waals surface area contributed by atoms with Crippen LogP contribution in [0.25, 0.3) is 11.0 Å². The van der Waals surface area contributed by atoms with Crippen LogP contribution in [0.15, 0.2) is 53.4 Å². The average Bonchev–Trinajstić information content (AvgIpc) is 3.35. The summed E-state index contributed by atoms with van der Waals surface area (Å²) < 4.78 is 33.9. The second-order valence-corrected chi connectivity index (χ2v) is 9.47. The van der Waals surface area contributed by atoms with Crippen molar-refractivity contribution >= 4 is 44.3 Å². The maximum absolute atomic E-state index is 13.4. The van der Waals surface area contributed by atoms with E-state index in [1.165, 1.54) is 16.4 Å². The third-order valence-electron chi connectivity index (χ3n) is 5.20. The summed E-state index contributed by atoms with van der Waals surface area (Å²) in [5, 5.41) is 0.367. The highest BCUT2D eigenvalue weighted by Crippen LogP contribution is 2.38. The Morgan fingerprint density at radius 3 is 2.52 bits per heavy atom. The minimum Gasteiger partial charge on any atom is -0.376 e. The van der Waals surface area contributed by atoms with E-state index in [2.05, 4.69) is 4.98 Å². The normalized spacial score (nSPS) is 19.1. The zero-order chi connectivity index (χ0) is 20.0. The quantitative estimate of drug-likeness (QED) is 0.631. The highest BCUT2D eigenvalue weighted by atomic mass is 35.5. The molecule has 0 spiro atoms. The standard InChI is InChI=1S/C20H19ClN4O3S/c21-14-5-3-7-16(11-14)29(26,27)25-13-24(12-15-6-4-10-28-15)19-20(25)23-18-9-2-1-8-17(18)22-19/h1-3,5,7-9,11,15H,4,6,10,12-13H2/t15-/m1/s1. The van der Waals surface area contributed by atoms with Gasteiger partial charge in [-0.2, -0.15) is 0 Å². The molecule has 1 aromatic heterocycles. The second-order valence-electron chi connectivity index (χ2n) is 7.17. The van der Waals surface area contributed by atoms with Gasteiger partial charge in [0.25, 0.3) is 10.0 Å². The van der Waals surface area contributed by atoms with Crippen molar-refractivity contribution in [1.29, 1.82) is 0 Å². The van der Waals surface area contributed by atoms with E-state index < -0.39 is 10.0 Å². The molecule has 150 valence electrons. The maximum Gasteiger partial charge on any atom is 0.267 e. The van der Waals surface area contributed by atoms with E-state index in [0.29, 0.717) is 28.7 Å². The molecule has 1 saturated heterocycles. The maximum atomic E-state index is 13.4. The second kappa shape index (κ2) is 7.12. The van der Waals surface area contributed by atoms with Crippen molar-refractivity contribution < 1.29 is 13.2 Å². The molecule has 0 unspecified atom stereocenters. The molecule has 1 fully saturated rings. The van der Waals surface area contributed by atoms with Gasteiger partial charge in [0.1, 0.15) is 6.67 Å². The SMILES string of the molecule is O=S(=O)(c1cccc(Cl)c1)N1CN(C[C@H]2CCCO2)c2nc3ccccc3nc21. The molecule has 5 rings (SSSR count). The Hall–Kier alpha value is -2.42. The van der Waals surface area contributed by atoms with Gasteiger partial charge in [0.15, 0.2) is 11.6 Å². The fraction of sp³-hybridized carbons (Fsp3) is 0.300. The van der Waals surface area contributed by atoms with Gasteiger partial charge in [-0.3, -0.25) is 0 Å². The molecule has 1 atom stereocenters. The van der Waals surface area contributed by atoms with Gasteiger partial charge in [-0.15, -0.1) is 0 Å². The number of para-hydroxylation sites is 2. The van der Waals surface area contributed by atoms with Gasteiger partial charge in [-0.25, -0.2) is 22.7 Å². The predicted molar refractivity (Wildman–Crippen MR) is 112 cm³/mol. The predicted octanol–water partition coefficient (Wildman–Crippen LogP) is 3.44. The lowest BCUT2D eigenvalue weighted by Crippen LogP contribution is -2.39. The Morgan fingerprint density at radius 2 is 1.83 bits per heavy atom. The first-order valence-electron chi connectivity index (χ1n) is 9.44. The van der Waals surface area contributed by atoms with Crippen molar-refractivity contribution in [3.05, 3.63) is 53.6 Å². The highest BCUT2D eigenvalue weighted by Gasteiger charge is 2.39. The zero-order valence-corrected chi connectivity index (χ0v) is 17.1. The number of fused-ring (bicyclic) bond motifs is 2. The first-order chi connectivity index (χ1) is 14.0. The number of hydrogen-bond acceptors (Lipinski definition) is 6. The molecular weight excluding hydrogens is 412 g/mol. The van der Waals surface area contributed by atoms with E-state index in [-0.39, 0.29) is 17.7 Å². The van der Waals surface area contributed by atoms with Crippen LogP contribution in [0.1, 0.15) is 12.8 Å². The summed E-state index contributed by atoms with van der Waals surface area (Å²) in [7, 11) is -3.85. The van der Waals surface area contributed by atoms with E-state index in [0.717, 1.165) is 25.0 Å². The van der Waals surface area contributed by atoms with Crippen LogP contribution >= 0.6 is 11.6 Å². The first kappa shape index (κ1) is 18.6. The van der Waals surface area contributed by atoms with Gasteiger partial charge in [0, 0.05) is 18.2 Å². The Bertz CT molecular complexity index is 1180. The molecule has 0 radical (unpaired) electrons. The van der Waals surface area contributed by atoms with Crippen molar-refractivity contribution in [1.82, 2.24) is 9.97 Å². The van der Waals surface area contributed by atoms with Crippen molar-refractivity contribution in [3.8, 4) is 0 Å². The molecule has 2 aromatic carbocycles. The molecule has 0 aliphatic carbocycles. The molecule has 9 heteroatoms. The van der Waals surface area contributed by atoms with Crippen molar-refractivity contribution in [2.24, 2.45) is 0 Å². The van der Waals surface area contributed by atoms with Gasteiger partial charge in [0.2, 0.25) is 0 Å². The van der Waals surface area contributed by atoms with Crippen molar-refractivity contribution in [2.45, 2.75) is 23.8 Å². The number of hydrogen-bond donors (Lipinski definition) is 0. The van der Waals surface area contributed by atoms with Crippen LogP contribution in [0, 0.1) is 0 Å². The Kier molecular flexibility index (Phi) is 4.57. The number of aromatic nitrogens is 2. The summed E-state index contributed by atoms with van der Waals surface area (Å²) in [4.78, 5) is 11.4. The Labute approximate surface area is 173 Å². The summed E-state index contributed by atoms with van der Waals surface area (Å²) in [6.45, 7) is 1.45. The van der Waals surface area contributed by atoms with Gasteiger partial charge in [0.05, 0.1) is 22.0 Å². The van der Waals surface area contributed by atoms with Crippen LogP contribution in [0.4, 0.5) is 11.6 Å². The van der Waals surface area contributed by atoms with Crippen LogP contribution in [-0.2, 0) is 14.8 Å². The van der Waals surface area contributed by atoms with Gasteiger partial charge in [-0.1, -0.05) is 29.8 Å². The molecular formula is C20H19ClN4O3S. The van der Waals surface area contributed by atoms with Crippen LogP contribution in [-0.4, -0.2) is 44.3 Å². The number of anilines is 2. The van der Waals surface area contributed by atoms with E-state index >= 15 is 0 Å². The highest BCUT2D eigenvalue weighted by molar-refractivity contribution is 7.92. The summed E-state index contributed by atoms with van der Waals surface area (Å²) >= 11 is 6.04. The van der Waals surface area contributed by atoms with E-state index in [9.17, 15) is 8.42 Å². The van der Waals surface area contributed by atoms with Crippen molar-refractivity contribution in [2.75, 3.05) is 29.0 Å². The van der Waals surface area contributed by atoms with Crippen molar-refractivity contribution in [3.63, 3.8) is 0 Å². The lowest BCUT2D eigenvalue weighted by atomic mass is 10.2. The summed E-state index contributed by atoms with van der Waals surface area (Å²) in [5.41, 5.74) is 1.38. The van der Waals surface area contributed by atoms with E-state index in [4.69, 9.17) is 21.3 Å². The Morgan fingerprint density at radius 1 is 1.07 bits per heavy atom. The molecule has 3 aromatic rings. The first-order valence-corrected chi connectivity index (χ1v) is 11.3. The molecule has 3 heterocycles. The molecule has 2 aliphatic rings. The summed E-state index contributed by atoms with van der Waals surface area (Å²) in [6.07, 6.45) is 2.03. The third kappa shape index (κ3) is 3.31. The lowest BCUT2D eigenvalue weighted by molar-refractivity contribution is 0.116. The smallest absolute Gasteiger partial charge is 0.267 e. The number of nitrogens with zero attached hydrogens (tertiary/aromatic N) is 4. The summed E-state index contributed by atoms with van der Waals surface area (Å²) in [6, 6.07) is 13.7. The molecule has 29 heavy (non-hydrogen) atoms. The number of rotatable bonds is 4. The topological polar surface area (TPSA) is 75.6 Å². The fourth-order valence-electron chi connectivity index (χ4n) is 3.77. The molecule has 0 saturated carbocycles. The van der Waals surface area contributed by atoms with E-state index in [1.54, 1.807) is 12.1 Å². The molecule has 2 aliphatic heterocycles. The molecule has 0 N–H and O–H groups in total. The van der Waals surface area contributed by atoms with E-state index in [1.807, 2.05) is 29.2 Å². The average molecular weight is 431 g/mol. The molecule has 0 amide bonds. The van der Waals surface area contributed by atoms with Crippen LogP contribution < -0.4 is 9.21 Å². The monoisotopic (exact) mass is 430 g/mol. The summed E-state index contributed by atoms with van der Waals surface area (Å²) in [5.74, 6) is 0.895. The number of sulfonamides is 1. The van der Waals surface area contributed by atoms with Crippen LogP contribution in [0.5, 0.6) is 0 Å².